The van der Waals surface area contributed by atoms with Crippen LogP contribution in [0.3, 0.4) is 0 Å². The second kappa shape index (κ2) is 8.56. The summed E-state index contributed by atoms with van der Waals surface area (Å²) in [5, 5.41) is 14.8. The van der Waals surface area contributed by atoms with E-state index in [0.29, 0.717) is 28.4 Å². The summed E-state index contributed by atoms with van der Waals surface area (Å²) in [5.41, 5.74) is 2.62. The molecule has 7 heteroatoms. The summed E-state index contributed by atoms with van der Waals surface area (Å²) >= 11 is 0. The van der Waals surface area contributed by atoms with Gasteiger partial charge in [0, 0.05) is 11.3 Å². The molecule has 1 heterocycles. The van der Waals surface area contributed by atoms with Crippen molar-refractivity contribution in [2.24, 2.45) is 0 Å². The standard InChI is InChI=1S/C21H18N4O3/c1-27-18-9-5-15(11-19(18)28-2)21(26)25-20-10-8-17(13-23-20)24-16-6-3-14(12-22)4-7-16/h3-11,13,24H,1-2H3,(H,23,25,26). The largest absolute Gasteiger partial charge is 0.493 e. The number of pyridine rings is 1. The topological polar surface area (TPSA) is 96.3 Å². The molecule has 0 saturated carbocycles. The summed E-state index contributed by atoms with van der Waals surface area (Å²) in [7, 11) is 3.05. The van der Waals surface area contributed by atoms with Gasteiger partial charge in [-0.05, 0) is 54.6 Å². The van der Waals surface area contributed by atoms with E-state index in [1.54, 1.807) is 48.7 Å². The van der Waals surface area contributed by atoms with Gasteiger partial charge in [-0.1, -0.05) is 0 Å². The van der Waals surface area contributed by atoms with Crippen LogP contribution in [0.1, 0.15) is 15.9 Å². The lowest BCUT2D eigenvalue weighted by Crippen LogP contribution is -2.13. The average Bonchev–Trinajstić information content (AvgIpc) is 2.75. The number of methoxy groups -OCH3 is 2. The Hall–Kier alpha value is -4.05. The van der Waals surface area contributed by atoms with Crippen molar-refractivity contribution < 1.29 is 14.3 Å². The lowest BCUT2D eigenvalue weighted by atomic mass is 10.2. The highest BCUT2D eigenvalue weighted by Gasteiger charge is 2.11. The fourth-order valence-corrected chi connectivity index (χ4v) is 2.50. The Labute approximate surface area is 162 Å². The van der Waals surface area contributed by atoms with Crippen LogP contribution >= 0.6 is 0 Å². The minimum Gasteiger partial charge on any atom is -0.493 e. The second-order valence-corrected chi connectivity index (χ2v) is 5.77. The van der Waals surface area contributed by atoms with Crippen LogP contribution in [0.15, 0.2) is 60.8 Å². The monoisotopic (exact) mass is 374 g/mol. The van der Waals surface area contributed by atoms with E-state index in [1.165, 1.54) is 14.2 Å². The highest BCUT2D eigenvalue weighted by Crippen LogP contribution is 2.28. The first-order valence-corrected chi connectivity index (χ1v) is 8.39. The van der Waals surface area contributed by atoms with Gasteiger partial charge in [0.2, 0.25) is 0 Å². The van der Waals surface area contributed by atoms with Crippen molar-refractivity contribution >= 4 is 23.1 Å². The summed E-state index contributed by atoms with van der Waals surface area (Å²) in [6, 6.07) is 17.6. The number of nitriles is 1. The molecule has 7 nitrogen and oxygen atoms in total. The van der Waals surface area contributed by atoms with Crippen LogP contribution in [0.4, 0.5) is 17.2 Å². The zero-order chi connectivity index (χ0) is 19.9. The molecule has 0 saturated heterocycles. The maximum Gasteiger partial charge on any atom is 0.256 e. The normalized spacial score (nSPS) is 9.89. The number of rotatable bonds is 6. The van der Waals surface area contributed by atoms with Crippen LogP contribution in [0, 0.1) is 11.3 Å². The molecule has 0 aliphatic rings. The van der Waals surface area contributed by atoms with Gasteiger partial charge in [0.25, 0.3) is 5.91 Å². The molecule has 0 unspecified atom stereocenters. The Balaban J connectivity index is 1.66. The Kier molecular flexibility index (Phi) is 5.72. The number of amides is 1. The van der Waals surface area contributed by atoms with E-state index in [-0.39, 0.29) is 5.91 Å². The van der Waals surface area contributed by atoms with Gasteiger partial charge in [-0.3, -0.25) is 4.79 Å². The van der Waals surface area contributed by atoms with Crippen molar-refractivity contribution in [2.75, 3.05) is 24.9 Å². The summed E-state index contributed by atoms with van der Waals surface area (Å²) in [6.45, 7) is 0. The summed E-state index contributed by atoms with van der Waals surface area (Å²) in [6.07, 6.45) is 1.61. The average molecular weight is 374 g/mol. The van der Waals surface area contributed by atoms with E-state index in [2.05, 4.69) is 21.7 Å². The maximum absolute atomic E-state index is 12.4. The van der Waals surface area contributed by atoms with Gasteiger partial charge >= 0.3 is 0 Å². The third-order valence-electron chi connectivity index (χ3n) is 3.95. The van der Waals surface area contributed by atoms with Gasteiger partial charge < -0.3 is 20.1 Å². The molecule has 140 valence electrons. The molecule has 0 aliphatic heterocycles. The van der Waals surface area contributed by atoms with Gasteiger partial charge in [-0.2, -0.15) is 5.26 Å². The number of hydrogen-bond acceptors (Lipinski definition) is 6. The number of carbonyl (C=O) groups excluding carboxylic acids is 1. The van der Waals surface area contributed by atoms with Crippen LogP contribution < -0.4 is 20.1 Å². The molecule has 2 N–H and O–H groups in total. The third-order valence-corrected chi connectivity index (χ3v) is 3.95. The summed E-state index contributed by atoms with van der Waals surface area (Å²) in [5.74, 6) is 1.15. The molecule has 3 aromatic rings. The first-order chi connectivity index (χ1) is 13.6. The smallest absolute Gasteiger partial charge is 0.256 e. The lowest BCUT2D eigenvalue weighted by Gasteiger charge is -2.10. The Morgan fingerprint density at radius 1 is 0.964 bits per heavy atom. The number of benzene rings is 2. The molecule has 0 aliphatic carbocycles. The Morgan fingerprint density at radius 2 is 1.68 bits per heavy atom. The van der Waals surface area contributed by atoms with Gasteiger partial charge in [0.1, 0.15) is 5.82 Å². The highest BCUT2D eigenvalue weighted by molar-refractivity contribution is 6.04. The van der Waals surface area contributed by atoms with E-state index >= 15 is 0 Å². The van der Waals surface area contributed by atoms with Crippen molar-refractivity contribution in [1.29, 1.82) is 5.26 Å². The van der Waals surface area contributed by atoms with Gasteiger partial charge in [0.15, 0.2) is 11.5 Å². The van der Waals surface area contributed by atoms with Crippen molar-refractivity contribution in [1.82, 2.24) is 4.98 Å². The minimum absolute atomic E-state index is 0.304. The molecular weight excluding hydrogens is 356 g/mol. The van der Waals surface area contributed by atoms with E-state index in [9.17, 15) is 4.79 Å². The first kappa shape index (κ1) is 18.7. The molecule has 0 spiro atoms. The van der Waals surface area contributed by atoms with Crippen LogP contribution in [-0.4, -0.2) is 25.1 Å². The number of nitrogens with zero attached hydrogens (tertiary/aromatic N) is 2. The molecular formula is C21H18N4O3. The van der Waals surface area contributed by atoms with Crippen LogP contribution in [0.25, 0.3) is 0 Å². The summed E-state index contributed by atoms with van der Waals surface area (Å²) in [4.78, 5) is 16.7. The fraction of sp³-hybridized carbons (Fsp3) is 0.0952. The number of aromatic nitrogens is 1. The predicted octanol–water partition coefficient (Wildman–Crippen LogP) is 3.97. The van der Waals surface area contributed by atoms with Crippen LogP contribution in [0.2, 0.25) is 0 Å². The maximum atomic E-state index is 12.4. The third kappa shape index (κ3) is 4.37. The number of ether oxygens (including phenoxy) is 2. The fourth-order valence-electron chi connectivity index (χ4n) is 2.50. The number of carbonyl (C=O) groups is 1. The number of nitrogens with one attached hydrogen (secondary N) is 2. The molecule has 28 heavy (non-hydrogen) atoms. The minimum atomic E-state index is -0.304. The van der Waals surface area contributed by atoms with Crippen molar-refractivity contribution in [3.63, 3.8) is 0 Å². The predicted molar refractivity (Wildman–Crippen MR) is 106 cm³/mol. The van der Waals surface area contributed by atoms with Crippen molar-refractivity contribution in [3.8, 4) is 17.6 Å². The van der Waals surface area contributed by atoms with Crippen molar-refractivity contribution in [3.05, 3.63) is 71.9 Å². The SMILES string of the molecule is COc1ccc(C(=O)Nc2ccc(Nc3ccc(C#N)cc3)cn2)cc1OC. The van der Waals surface area contributed by atoms with E-state index in [0.717, 1.165) is 11.4 Å². The molecule has 1 amide bonds. The van der Waals surface area contributed by atoms with Gasteiger partial charge in [-0.25, -0.2) is 4.98 Å². The van der Waals surface area contributed by atoms with E-state index in [4.69, 9.17) is 14.7 Å². The van der Waals surface area contributed by atoms with Crippen LogP contribution in [0.5, 0.6) is 11.5 Å². The summed E-state index contributed by atoms with van der Waals surface area (Å²) < 4.78 is 10.4. The molecule has 0 bridgehead atoms. The molecule has 0 fully saturated rings. The molecule has 0 radical (unpaired) electrons. The van der Waals surface area contributed by atoms with Gasteiger partial charge in [-0.15, -0.1) is 0 Å². The molecule has 3 rings (SSSR count). The zero-order valence-electron chi connectivity index (χ0n) is 15.4. The highest BCUT2D eigenvalue weighted by atomic mass is 16.5. The number of hydrogen-bond donors (Lipinski definition) is 2. The lowest BCUT2D eigenvalue weighted by molar-refractivity contribution is 0.102. The quantitative estimate of drug-likeness (QED) is 0.678. The second-order valence-electron chi connectivity index (χ2n) is 5.77. The molecule has 2 aromatic carbocycles. The molecule has 1 aromatic heterocycles. The number of anilines is 3. The Morgan fingerprint density at radius 3 is 2.29 bits per heavy atom. The van der Waals surface area contributed by atoms with E-state index in [1.807, 2.05) is 12.1 Å². The van der Waals surface area contributed by atoms with Gasteiger partial charge in [0.05, 0.1) is 37.7 Å². The van der Waals surface area contributed by atoms with Crippen LogP contribution in [-0.2, 0) is 0 Å². The zero-order valence-corrected chi connectivity index (χ0v) is 15.4. The van der Waals surface area contributed by atoms with E-state index < -0.39 is 0 Å². The molecule has 0 atom stereocenters. The Bertz CT molecular complexity index is 1010. The first-order valence-electron chi connectivity index (χ1n) is 8.39. The van der Waals surface area contributed by atoms with Crippen molar-refractivity contribution in [2.45, 2.75) is 0 Å².